The summed E-state index contributed by atoms with van der Waals surface area (Å²) < 4.78 is 5.20. The fourth-order valence-corrected chi connectivity index (χ4v) is 1.54. The number of hydrogen-bond acceptors (Lipinski definition) is 3. The molecule has 0 aliphatic carbocycles. The van der Waals surface area contributed by atoms with Gasteiger partial charge in [-0.1, -0.05) is 11.6 Å². The van der Waals surface area contributed by atoms with Gasteiger partial charge in [0.15, 0.2) is 0 Å². The highest BCUT2D eigenvalue weighted by Crippen LogP contribution is 2.31. The summed E-state index contributed by atoms with van der Waals surface area (Å²) in [5.74, 6) is 0.727. The quantitative estimate of drug-likeness (QED) is 0.780. The first kappa shape index (κ1) is 10.7. The van der Waals surface area contributed by atoms with E-state index in [1.807, 2.05) is 19.1 Å². The third kappa shape index (κ3) is 2.30. The van der Waals surface area contributed by atoms with E-state index in [1.54, 1.807) is 13.2 Å². The molecule has 0 fully saturated rings. The summed E-state index contributed by atoms with van der Waals surface area (Å²) in [6, 6.07) is 5.55. The summed E-state index contributed by atoms with van der Waals surface area (Å²) in [5, 5.41) is 12.0. The summed E-state index contributed by atoms with van der Waals surface area (Å²) in [4.78, 5) is 0. The molecule has 4 heteroatoms. The number of benzene rings is 1. The minimum atomic E-state index is 0.232. The molecule has 0 unspecified atom stereocenters. The van der Waals surface area contributed by atoms with Crippen LogP contribution in [0, 0.1) is 18.3 Å². The van der Waals surface area contributed by atoms with Gasteiger partial charge in [-0.3, -0.25) is 0 Å². The lowest BCUT2D eigenvalue weighted by Gasteiger charge is -2.11. The molecule has 0 aliphatic rings. The van der Waals surface area contributed by atoms with Crippen LogP contribution in [0.25, 0.3) is 0 Å². The number of ether oxygens (including phenoxy) is 1. The van der Waals surface area contributed by atoms with Gasteiger partial charge < -0.3 is 10.1 Å². The smallest absolute Gasteiger partial charge is 0.144 e. The molecule has 0 atom stereocenters. The van der Waals surface area contributed by atoms with E-state index in [9.17, 15) is 0 Å². The third-order valence-corrected chi connectivity index (χ3v) is 2.02. The lowest BCUT2D eigenvalue weighted by Crippen LogP contribution is -2.01. The highest BCUT2D eigenvalue weighted by molar-refractivity contribution is 6.31. The number of nitrogens with zero attached hydrogens (tertiary/aromatic N) is 1. The maximum atomic E-state index is 8.44. The molecule has 0 bridgehead atoms. The van der Waals surface area contributed by atoms with E-state index in [0.717, 1.165) is 17.0 Å². The number of nitrogens with one attached hydrogen (secondary N) is 1. The topological polar surface area (TPSA) is 45.0 Å². The highest BCUT2D eigenvalue weighted by atomic mass is 35.5. The molecule has 0 aliphatic heterocycles. The molecule has 74 valence electrons. The van der Waals surface area contributed by atoms with Crippen LogP contribution in [0.5, 0.6) is 5.75 Å². The van der Waals surface area contributed by atoms with Crippen molar-refractivity contribution >= 4 is 17.3 Å². The number of methoxy groups -OCH3 is 1. The Hall–Kier alpha value is -1.40. The highest BCUT2D eigenvalue weighted by Gasteiger charge is 2.06. The molecule has 1 aromatic rings. The van der Waals surface area contributed by atoms with E-state index in [0.29, 0.717) is 5.02 Å². The van der Waals surface area contributed by atoms with Crippen LogP contribution < -0.4 is 10.1 Å². The summed E-state index contributed by atoms with van der Waals surface area (Å²) in [6.45, 7) is 2.14. The standard InChI is InChI=1S/C10H11ClN2O/c1-7-5-8(11)6-9(10(7)14-2)13-4-3-12/h5-6,13H,4H2,1-2H3. The molecule has 1 N–H and O–H groups in total. The zero-order chi connectivity index (χ0) is 10.6. The van der Waals surface area contributed by atoms with E-state index in [2.05, 4.69) is 5.32 Å². The molecule has 14 heavy (non-hydrogen) atoms. The SMILES string of the molecule is COc1c(C)cc(Cl)cc1NCC#N. The van der Waals surface area contributed by atoms with Gasteiger partial charge in [0.1, 0.15) is 12.3 Å². The molecule has 1 rings (SSSR count). The Labute approximate surface area is 88.3 Å². The van der Waals surface area contributed by atoms with E-state index < -0.39 is 0 Å². The van der Waals surface area contributed by atoms with Gasteiger partial charge in [-0.05, 0) is 24.6 Å². The molecule has 0 saturated carbocycles. The lowest BCUT2D eigenvalue weighted by molar-refractivity contribution is 0.413. The van der Waals surface area contributed by atoms with Crippen molar-refractivity contribution in [2.75, 3.05) is 19.0 Å². The number of rotatable bonds is 3. The van der Waals surface area contributed by atoms with Gasteiger partial charge in [-0.2, -0.15) is 5.26 Å². The molecule has 3 nitrogen and oxygen atoms in total. The first-order valence-electron chi connectivity index (χ1n) is 4.14. The second-order valence-electron chi connectivity index (χ2n) is 2.82. The number of halogens is 1. The molecule has 0 spiro atoms. The van der Waals surface area contributed by atoms with Gasteiger partial charge in [0, 0.05) is 5.02 Å². The number of nitriles is 1. The Bertz CT molecular complexity index is 371. The van der Waals surface area contributed by atoms with E-state index >= 15 is 0 Å². The minimum Gasteiger partial charge on any atom is -0.494 e. The predicted octanol–water partition coefficient (Wildman–Crippen LogP) is 2.59. The van der Waals surface area contributed by atoms with Crippen LogP contribution >= 0.6 is 11.6 Å². The van der Waals surface area contributed by atoms with Crippen LogP contribution in [0.1, 0.15) is 5.56 Å². The molecule has 0 heterocycles. The Kier molecular flexibility index (Phi) is 3.61. The van der Waals surface area contributed by atoms with Crippen LogP contribution in [0.3, 0.4) is 0 Å². The normalized spacial score (nSPS) is 9.29. The second-order valence-corrected chi connectivity index (χ2v) is 3.25. The molecule has 0 saturated heterocycles. The van der Waals surface area contributed by atoms with Gasteiger partial charge in [-0.25, -0.2) is 0 Å². The summed E-state index contributed by atoms with van der Waals surface area (Å²) in [7, 11) is 1.59. The minimum absolute atomic E-state index is 0.232. The van der Waals surface area contributed by atoms with Crippen molar-refractivity contribution in [1.29, 1.82) is 5.26 Å². The molecular weight excluding hydrogens is 200 g/mol. The van der Waals surface area contributed by atoms with Crippen LogP contribution in [0.15, 0.2) is 12.1 Å². The molecule has 0 aromatic heterocycles. The first-order chi connectivity index (χ1) is 6.69. The molecule has 0 radical (unpaired) electrons. The Morgan fingerprint density at radius 1 is 1.57 bits per heavy atom. The van der Waals surface area contributed by atoms with E-state index in [-0.39, 0.29) is 6.54 Å². The maximum absolute atomic E-state index is 8.44. The zero-order valence-electron chi connectivity index (χ0n) is 8.10. The molecule has 0 amide bonds. The predicted molar refractivity (Wildman–Crippen MR) is 56.8 cm³/mol. The molecule has 1 aromatic carbocycles. The monoisotopic (exact) mass is 210 g/mol. The Morgan fingerprint density at radius 3 is 2.86 bits per heavy atom. The number of hydrogen-bond donors (Lipinski definition) is 1. The second kappa shape index (κ2) is 4.73. The summed E-state index contributed by atoms with van der Waals surface area (Å²) in [6.07, 6.45) is 0. The fraction of sp³-hybridized carbons (Fsp3) is 0.300. The van der Waals surface area contributed by atoms with Gasteiger partial charge in [0.05, 0.1) is 18.9 Å². The van der Waals surface area contributed by atoms with Crippen molar-refractivity contribution in [1.82, 2.24) is 0 Å². The fourth-order valence-electron chi connectivity index (χ4n) is 1.27. The summed E-state index contributed by atoms with van der Waals surface area (Å²) >= 11 is 5.88. The van der Waals surface area contributed by atoms with Crippen LogP contribution in [-0.4, -0.2) is 13.7 Å². The van der Waals surface area contributed by atoms with Crippen LogP contribution in [0.4, 0.5) is 5.69 Å². The lowest BCUT2D eigenvalue weighted by atomic mass is 10.2. The Morgan fingerprint density at radius 2 is 2.29 bits per heavy atom. The number of anilines is 1. The van der Waals surface area contributed by atoms with Crippen molar-refractivity contribution < 1.29 is 4.74 Å². The first-order valence-corrected chi connectivity index (χ1v) is 4.51. The van der Waals surface area contributed by atoms with Crippen molar-refractivity contribution in [3.8, 4) is 11.8 Å². The summed E-state index contributed by atoms with van der Waals surface area (Å²) in [5.41, 5.74) is 1.69. The number of aryl methyl sites for hydroxylation is 1. The van der Waals surface area contributed by atoms with Gasteiger partial charge in [0.2, 0.25) is 0 Å². The maximum Gasteiger partial charge on any atom is 0.144 e. The van der Waals surface area contributed by atoms with E-state index in [4.69, 9.17) is 21.6 Å². The third-order valence-electron chi connectivity index (χ3n) is 1.80. The average molecular weight is 211 g/mol. The average Bonchev–Trinajstić information content (AvgIpc) is 2.14. The van der Waals surface area contributed by atoms with E-state index in [1.165, 1.54) is 0 Å². The van der Waals surface area contributed by atoms with Crippen molar-refractivity contribution in [3.63, 3.8) is 0 Å². The van der Waals surface area contributed by atoms with Gasteiger partial charge >= 0.3 is 0 Å². The van der Waals surface area contributed by atoms with Crippen LogP contribution in [0.2, 0.25) is 5.02 Å². The van der Waals surface area contributed by atoms with Crippen LogP contribution in [-0.2, 0) is 0 Å². The largest absolute Gasteiger partial charge is 0.494 e. The zero-order valence-corrected chi connectivity index (χ0v) is 8.85. The van der Waals surface area contributed by atoms with Gasteiger partial charge in [0.25, 0.3) is 0 Å². The van der Waals surface area contributed by atoms with Crippen molar-refractivity contribution in [2.45, 2.75) is 6.92 Å². The van der Waals surface area contributed by atoms with Crippen molar-refractivity contribution in [2.24, 2.45) is 0 Å². The van der Waals surface area contributed by atoms with Gasteiger partial charge in [-0.15, -0.1) is 0 Å². The molecular formula is C10H11ClN2O. The Balaban J connectivity index is 3.06. The van der Waals surface area contributed by atoms with Crippen molar-refractivity contribution in [3.05, 3.63) is 22.7 Å².